The molecule has 2 unspecified atom stereocenters. The molecule has 0 saturated heterocycles. The minimum Gasteiger partial charge on any atom is -0.381 e. The van der Waals surface area contributed by atoms with Gasteiger partial charge in [0.25, 0.3) is 0 Å². The SMILES string of the molecule is Cc1ccc(NC2CC(C)CC(C)(C)C2)c(Cl)c1. The number of rotatable bonds is 2. The predicted molar refractivity (Wildman–Crippen MR) is 80.4 cm³/mol. The Balaban J connectivity index is 2.09. The van der Waals surface area contributed by atoms with E-state index in [2.05, 4.69) is 45.1 Å². The summed E-state index contributed by atoms with van der Waals surface area (Å²) in [5.41, 5.74) is 2.73. The molecule has 1 nitrogen and oxygen atoms in total. The first-order valence-corrected chi connectivity index (χ1v) is 7.26. The van der Waals surface area contributed by atoms with Gasteiger partial charge >= 0.3 is 0 Å². The maximum Gasteiger partial charge on any atom is 0.0640 e. The van der Waals surface area contributed by atoms with Gasteiger partial charge in [0.2, 0.25) is 0 Å². The Morgan fingerprint density at radius 3 is 2.61 bits per heavy atom. The average molecular weight is 266 g/mol. The average Bonchev–Trinajstić information content (AvgIpc) is 2.19. The van der Waals surface area contributed by atoms with E-state index in [1.54, 1.807) is 0 Å². The van der Waals surface area contributed by atoms with E-state index in [0.717, 1.165) is 16.6 Å². The molecule has 1 aliphatic rings. The van der Waals surface area contributed by atoms with Crippen LogP contribution in [0.3, 0.4) is 0 Å². The van der Waals surface area contributed by atoms with E-state index in [-0.39, 0.29) is 0 Å². The van der Waals surface area contributed by atoms with Gasteiger partial charge in [-0.15, -0.1) is 0 Å². The van der Waals surface area contributed by atoms with Crippen molar-refractivity contribution in [2.24, 2.45) is 11.3 Å². The first-order chi connectivity index (χ1) is 8.35. The molecule has 2 heteroatoms. The van der Waals surface area contributed by atoms with E-state index in [1.807, 2.05) is 6.07 Å². The highest BCUT2D eigenvalue weighted by atomic mass is 35.5. The van der Waals surface area contributed by atoms with Crippen LogP contribution in [0.1, 0.15) is 45.6 Å². The third-order valence-electron chi connectivity index (χ3n) is 3.87. The quantitative estimate of drug-likeness (QED) is 0.768. The fourth-order valence-electron chi connectivity index (χ4n) is 3.41. The van der Waals surface area contributed by atoms with Crippen LogP contribution in [0, 0.1) is 18.3 Å². The summed E-state index contributed by atoms with van der Waals surface area (Å²) < 4.78 is 0. The van der Waals surface area contributed by atoms with Gasteiger partial charge in [0, 0.05) is 6.04 Å². The van der Waals surface area contributed by atoms with Crippen LogP contribution in [0.15, 0.2) is 18.2 Å². The molecule has 1 aromatic carbocycles. The van der Waals surface area contributed by atoms with E-state index < -0.39 is 0 Å². The fourth-order valence-corrected chi connectivity index (χ4v) is 3.70. The second-order valence-corrected chi connectivity index (χ2v) is 7.15. The maximum atomic E-state index is 6.29. The molecule has 2 atom stereocenters. The largest absolute Gasteiger partial charge is 0.381 e. The molecule has 0 radical (unpaired) electrons. The Kier molecular flexibility index (Phi) is 3.91. The van der Waals surface area contributed by atoms with Crippen molar-refractivity contribution in [3.05, 3.63) is 28.8 Å². The zero-order chi connectivity index (χ0) is 13.3. The van der Waals surface area contributed by atoms with Gasteiger partial charge in [0.15, 0.2) is 0 Å². The highest BCUT2D eigenvalue weighted by Crippen LogP contribution is 2.40. The first kappa shape index (κ1) is 13.7. The van der Waals surface area contributed by atoms with Crippen LogP contribution in [0.5, 0.6) is 0 Å². The molecule has 2 rings (SSSR count). The Hall–Kier alpha value is -0.690. The van der Waals surface area contributed by atoms with Gasteiger partial charge in [-0.05, 0) is 55.2 Å². The van der Waals surface area contributed by atoms with Crippen molar-refractivity contribution < 1.29 is 0 Å². The first-order valence-electron chi connectivity index (χ1n) is 6.88. The molecule has 1 aliphatic carbocycles. The summed E-state index contributed by atoms with van der Waals surface area (Å²) in [6.07, 6.45) is 3.79. The summed E-state index contributed by atoms with van der Waals surface area (Å²) in [4.78, 5) is 0. The highest BCUT2D eigenvalue weighted by molar-refractivity contribution is 6.33. The topological polar surface area (TPSA) is 12.0 Å². The van der Waals surface area contributed by atoms with E-state index in [9.17, 15) is 0 Å². The van der Waals surface area contributed by atoms with Crippen LogP contribution in [-0.2, 0) is 0 Å². The Labute approximate surface area is 116 Å². The van der Waals surface area contributed by atoms with Gasteiger partial charge in [-0.2, -0.15) is 0 Å². The van der Waals surface area contributed by atoms with Crippen molar-refractivity contribution >= 4 is 17.3 Å². The number of anilines is 1. The monoisotopic (exact) mass is 265 g/mol. The maximum absolute atomic E-state index is 6.29. The smallest absolute Gasteiger partial charge is 0.0640 e. The summed E-state index contributed by atoms with van der Waals surface area (Å²) >= 11 is 6.29. The van der Waals surface area contributed by atoms with E-state index in [1.165, 1.54) is 24.8 Å². The van der Waals surface area contributed by atoms with Crippen molar-refractivity contribution in [2.75, 3.05) is 5.32 Å². The van der Waals surface area contributed by atoms with Crippen LogP contribution >= 0.6 is 11.6 Å². The van der Waals surface area contributed by atoms with Crippen LogP contribution in [0.2, 0.25) is 5.02 Å². The molecule has 0 bridgehead atoms. The molecule has 1 N–H and O–H groups in total. The van der Waals surface area contributed by atoms with Crippen molar-refractivity contribution in [1.29, 1.82) is 0 Å². The zero-order valence-electron chi connectivity index (χ0n) is 11.9. The Morgan fingerprint density at radius 1 is 1.28 bits per heavy atom. The number of halogens is 1. The third kappa shape index (κ3) is 3.41. The number of hydrogen-bond donors (Lipinski definition) is 1. The molecular formula is C16H24ClN. The zero-order valence-corrected chi connectivity index (χ0v) is 12.6. The fraction of sp³-hybridized carbons (Fsp3) is 0.625. The molecule has 0 aromatic heterocycles. The summed E-state index contributed by atoms with van der Waals surface area (Å²) in [7, 11) is 0. The van der Waals surface area contributed by atoms with Gasteiger partial charge in [-0.1, -0.05) is 38.4 Å². The molecule has 100 valence electrons. The van der Waals surface area contributed by atoms with Gasteiger partial charge in [0.05, 0.1) is 10.7 Å². The number of nitrogens with one attached hydrogen (secondary N) is 1. The molecule has 0 aliphatic heterocycles. The number of hydrogen-bond acceptors (Lipinski definition) is 1. The van der Waals surface area contributed by atoms with Crippen LogP contribution in [0.4, 0.5) is 5.69 Å². The number of benzene rings is 1. The second-order valence-electron chi connectivity index (χ2n) is 6.74. The van der Waals surface area contributed by atoms with Crippen LogP contribution in [0.25, 0.3) is 0 Å². The van der Waals surface area contributed by atoms with E-state index in [4.69, 9.17) is 11.6 Å². The van der Waals surface area contributed by atoms with Gasteiger partial charge in [-0.3, -0.25) is 0 Å². The molecule has 0 spiro atoms. The molecular weight excluding hydrogens is 242 g/mol. The van der Waals surface area contributed by atoms with E-state index >= 15 is 0 Å². The predicted octanol–water partition coefficient (Wildman–Crippen LogP) is 5.28. The minimum atomic E-state index is 0.437. The van der Waals surface area contributed by atoms with Crippen molar-refractivity contribution in [3.63, 3.8) is 0 Å². The Morgan fingerprint density at radius 2 is 2.00 bits per heavy atom. The minimum absolute atomic E-state index is 0.437. The summed E-state index contributed by atoms with van der Waals surface area (Å²) in [6, 6.07) is 6.79. The van der Waals surface area contributed by atoms with Crippen molar-refractivity contribution in [2.45, 2.75) is 53.0 Å². The highest BCUT2D eigenvalue weighted by Gasteiger charge is 2.32. The molecule has 1 aromatic rings. The lowest BCUT2D eigenvalue weighted by atomic mass is 9.70. The lowest BCUT2D eigenvalue weighted by Crippen LogP contribution is -2.35. The molecule has 1 saturated carbocycles. The van der Waals surface area contributed by atoms with Crippen molar-refractivity contribution in [3.8, 4) is 0 Å². The van der Waals surface area contributed by atoms with Gasteiger partial charge in [0.1, 0.15) is 0 Å². The summed E-state index contributed by atoms with van der Waals surface area (Å²) in [5.74, 6) is 0.787. The number of aryl methyl sites for hydroxylation is 1. The molecule has 18 heavy (non-hydrogen) atoms. The Bertz CT molecular complexity index is 425. The van der Waals surface area contributed by atoms with Crippen LogP contribution in [-0.4, -0.2) is 6.04 Å². The third-order valence-corrected chi connectivity index (χ3v) is 4.18. The van der Waals surface area contributed by atoms with Crippen molar-refractivity contribution in [1.82, 2.24) is 0 Å². The second kappa shape index (κ2) is 5.13. The summed E-state index contributed by atoms with van der Waals surface area (Å²) in [6.45, 7) is 9.16. The van der Waals surface area contributed by atoms with E-state index in [0.29, 0.717) is 11.5 Å². The molecule has 1 fully saturated rings. The standard InChI is InChI=1S/C16H24ClN/c1-11-5-6-15(14(17)8-11)18-13-7-12(2)9-16(3,4)10-13/h5-6,8,12-13,18H,7,9-10H2,1-4H3. The van der Waals surface area contributed by atoms with Gasteiger partial charge in [-0.25, -0.2) is 0 Å². The lowest BCUT2D eigenvalue weighted by molar-refractivity contribution is 0.178. The molecule has 0 heterocycles. The van der Waals surface area contributed by atoms with Crippen LogP contribution < -0.4 is 5.32 Å². The van der Waals surface area contributed by atoms with Gasteiger partial charge < -0.3 is 5.32 Å². The summed E-state index contributed by atoms with van der Waals surface area (Å²) in [5, 5.41) is 4.47. The molecule has 0 amide bonds. The lowest BCUT2D eigenvalue weighted by Gasteiger charge is -2.39. The normalized spacial score (nSPS) is 26.9.